The van der Waals surface area contributed by atoms with Crippen molar-refractivity contribution >= 4 is 17.7 Å². The number of rotatable bonds is 4. The second-order valence-electron chi connectivity index (χ2n) is 7.11. The third kappa shape index (κ3) is 3.84. The molecule has 1 amide bonds. The lowest BCUT2D eigenvalue weighted by molar-refractivity contribution is -0.130. The molecule has 0 radical (unpaired) electrons. The molecule has 0 unspecified atom stereocenters. The third-order valence-electron chi connectivity index (χ3n) is 4.89. The molecular formula is C18H25N5O3. The maximum atomic E-state index is 12.3. The Balaban J connectivity index is 1.65. The predicted molar refractivity (Wildman–Crippen MR) is 94.7 cm³/mol. The number of carbonyl (C=O) groups is 2. The molecule has 140 valence electrons. The number of carbonyl (C=O) groups excluding carboxylic acids is 2. The molecule has 2 aromatic heterocycles. The van der Waals surface area contributed by atoms with Crippen molar-refractivity contribution in [2.75, 3.05) is 0 Å². The van der Waals surface area contributed by atoms with Crippen LogP contribution in [0.15, 0.2) is 6.07 Å². The molecule has 0 spiro atoms. The van der Waals surface area contributed by atoms with E-state index >= 15 is 0 Å². The first-order valence-electron chi connectivity index (χ1n) is 9.07. The molecule has 8 nitrogen and oxygen atoms in total. The maximum Gasteiger partial charge on any atom is 0.379 e. The zero-order chi connectivity index (χ0) is 18.8. The summed E-state index contributed by atoms with van der Waals surface area (Å²) in [5.74, 6) is -0.342. The number of aryl methyl sites for hydroxylation is 2. The number of amides is 1. The maximum absolute atomic E-state index is 12.3. The van der Waals surface area contributed by atoms with Crippen LogP contribution in [0.4, 0.5) is 0 Å². The summed E-state index contributed by atoms with van der Waals surface area (Å²) >= 11 is 0. The van der Waals surface area contributed by atoms with Gasteiger partial charge in [0.1, 0.15) is 0 Å². The van der Waals surface area contributed by atoms with Crippen molar-refractivity contribution in [1.29, 1.82) is 0 Å². The summed E-state index contributed by atoms with van der Waals surface area (Å²) in [6.07, 6.45) is 3.48. The second kappa shape index (κ2) is 7.39. The smallest absolute Gasteiger partial charge is 0.379 e. The van der Waals surface area contributed by atoms with Gasteiger partial charge in [-0.1, -0.05) is 19.8 Å². The molecule has 1 aliphatic carbocycles. The van der Waals surface area contributed by atoms with Crippen LogP contribution in [-0.4, -0.2) is 43.6 Å². The lowest BCUT2D eigenvalue weighted by atomic mass is 9.86. The van der Waals surface area contributed by atoms with Gasteiger partial charge in [-0.25, -0.2) is 14.3 Å². The van der Waals surface area contributed by atoms with Crippen LogP contribution in [0.25, 0.3) is 5.78 Å². The fourth-order valence-corrected chi connectivity index (χ4v) is 3.35. The Kier molecular flexibility index (Phi) is 5.20. The zero-order valence-corrected chi connectivity index (χ0v) is 15.7. The second-order valence-corrected chi connectivity index (χ2v) is 7.11. The van der Waals surface area contributed by atoms with E-state index in [1.165, 1.54) is 10.9 Å². The Bertz CT molecular complexity index is 832. The van der Waals surface area contributed by atoms with Crippen molar-refractivity contribution in [3.05, 3.63) is 23.3 Å². The van der Waals surface area contributed by atoms with Gasteiger partial charge in [0.05, 0.1) is 0 Å². The normalized spacial score (nSPS) is 21.4. The van der Waals surface area contributed by atoms with E-state index in [0.717, 1.165) is 30.7 Å². The highest BCUT2D eigenvalue weighted by molar-refractivity contribution is 5.89. The first-order valence-corrected chi connectivity index (χ1v) is 9.07. The quantitative estimate of drug-likeness (QED) is 0.838. The average Bonchev–Trinajstić information content (AvgIpc) is 3.01. The van der Waals surface area contributed by atoms with Gasteiger partial charge in [0.25, 0.3) is 17.5 Å². The molecule has 1 saturated carbocycles. The highest BCUT2D eigenvalue weighted by Crippen LogP contribution is 2.23. The standard InChI is InChI=1S/C18H25N5O3/c1-10-7-5-6-8-14(10)20-16(24)13(4)26-17(25)15-21-18-19-11(2)9-12(3)23(18)22-15/h9-10,13-14H,5-8H2,1-4H3,(H,20,24)/t10-,13-,14+/m0/s1. The van der Waals surface area contributed by atoms with Gasteiger partial charge in [-0.15, -0.1) is 5.10 Å². The summed E-state index contributed by atoms with van der Waals surface area (Å²) in [6.45, 7) is 7.40. The number of hydrogen-bond donors (Lipinski definition) is 1. The Morgan fingerprint density at radius 1 is 1.27 bits per heavy atom. The molecule has 1 aliphatic rings. The van der Waals surface area contributed by atoms with Crippen molar-refractivity contribution in [3.63, 3.8) is 0 Å². The van der Waals surface area contributed by atoms with E-state index in [0.29, 0.717) is 11.7 Å². The molecule has 0 saturated heterocycles. The molecule has 2 aromatic rings. The fourth-order valence-electron chi connectivity index (χ4n) is 3.35. The predicted octanol–water partition coefficient (Wildman–Crippen LogP) is 1.98. The lowest BCUT2D eigenvalue weighted by Crippen LogP contribution is -2.46. The molecule has 26 heavy (non-hydrogen) atoms. The third-order valence-corrected chi connectivity index (χ3v) is 4.89. The Morgan fingerprint density at radius 2 is 2.00 bits per heavy atom. The molecule has 8 heteroatoms. The summed E-state index contributed by atoms with van der Waals surface area (Å²) in [4.78, 5) is 33.0. The Labute approximate surface area is 152 Å². The molecule has 3 rings (SSSR count). The Morgan fingerprint density at radius 3 is 2.73 bits per heavy atom. The number of hydrogen-bond acceptors (Lipinski definition) is 6. The van der Waals surface area contributed by atoms with E-state index in [1.54, 1.807) is 6.92 Å². The highest BCUT2D eigenvalue weighted by Gasteiger charge is 2.27. The number of esters is 1. The van der Waals surface area contributed by atoms with Crippen LogP contribution in [0, 0.1) is 19.8 Å². The van der Waals surface area contributed by atoms with Crippen LogP contribution in [0.2, 0.25) is 0 Å². The topological polar surface area (TPSA) is 98.5 Å². The lowest BCUT2D eigenvalue weighted by Gasteiger charge is -2.30. The van der Waals surface area contributed by atoms with E-state index in [2.05, 4.69) is 27.3 Å². The summed E-state index contributed by atoms with van der Waals surface area (Å²) in [5.41, 5.74) is 1.60. The van der Waals surface area contributed by atoms with E-state index in [1.807, 2.05) is 19.9 Å². The molecule has 2 heterocycles. The highest BCUT2D eigenvalue weighted by atomic mass is 16.5. The van der Waals surface area contributed by atoms with Crippen LogP contribution in [0.5, 0.6) is 0 Å². The molecule has 1 N–H and O–H groups in total. The molecule has 0 aliphatic heterocycles. The van der Waals surface area contributed by atoms with Crippen LogP contribution in [0.1, 0.15) is 61.5 Å². The van der Waals surface area contributed by atoms with Crippen molar-refractivity contribution in [2.45, 2.75) is 65.5 Å². The van der Waals surface area contributed by atoms with Crippen molar-refractivity contribution in [3.8, 4) is 0 Å². The molecule has 3 atom stereocenters. The minimum atomic E-state index is -0.904. The largest absolute Gasteiger partial charge is 0.447 e. The summed E-state index contributed by atoms with van der Waals surface area (Å²) in [6, 6.07) is 1.98. The first kappa shape index (κ1) is 18.3. The first-order chi connectivity index (χ1) is 12.3. The van der Waals surface area contributed by atoms with Crippen LogP contribution in [0.3, 0.4) is 0 Å². The summed E-state index contributed by atoms with van der Waals surface area (Å²) < 4.78 is 6.74. The van der Waals surface area contributed by atoms with Gasteiger partial charge in [-0.3, -0.25) is 4.79 Å². The monoisotopic (exact) mass is 359 g/mol. The van der Waals surface area contributed by atoms with E-state index in [4.69, 9.17) is 4.74 Å². The number of fused-ring (bicyclic) bond motifs is 1. The van der Waals surface area contributed by atoms with E-state index < -0.39 is 12.1 Å². The SMILES string of the molecule is Cc1cc(C)n2nc(C(=O)O[C@@H](C)C(=O)N[C@@H]3CCCC[C@@H]3C)nc2n1. The van der Waals surface area contributed by atoms with Gasteiger partial charge in [0.15, 0.2) is 6.10 Å². The molecule has 0 bridgehead atoms. The van der Waals surface area contributed by atoms with E-state index in [9.17, 15) is 9.59 Å². The Hall–Kier alpha value is -2.51. The minimum Gasteiger partial charge on any atom is -0.447 e. The fraction of sp³-hybridized carbons (Fsp3) is 0.611. The average molecular weight is 359 g/mol. The summed E-state index contributed by atoms with van der Waals surface area (Å²) in [5, 5.41) is 7.12. The zero-order valence-electron chi connectivity index (χ0n) is 15.7. The molecular weight excluding hydrogens is 334 g/mol. The minimum absolute atomic E-state index is 0.100. The molecule has 1 fully saturated rings. The number of aromatic nitrogens is 4. The van der Waals surface area contributed by atoms with Crippen molar-refractivity contribution in [2.24, 2.45) is 5.92 Å². The number of ether oxygens (including phenoxy) is 1. The van der Waals surface area contributed by atoms with Crippen molar-refractivity contribution < 1.29 is 14.3 Å². The van der Waals surface area contributed by atoms with E-state index in [-0.39, 0.29) is 17.8 Å². The molecule has 0 aromatic carbocycles. The van der Waals surface area contributed by atoms with Gasteiger partial charge in [0, 0.05) is 17.4 Å². The van der Waals surface area contributed by atoms with Crippen LogP contribution >= 0.6 is 0 Å². The van der Waals surface area contributed by atoms with Crippen LogP contribution in [-0.2, 0) is 9.53 Å². The van der Waals surface area contributed by atoms with Gasteiger partial charge in [0.2, 0.25) is 0 Å². The van der Waals surface area contributed by atoms with Gasteiger partial charge in [-0.05, 0) is 45.6 Å². The van der Waals surface area contributed by atoms with Crippen LogP contribution < -0.4 is 5.32 Å². The number of nitrogens with one attached hydrogen (secondary N) is 1. The summed E-state index contributed by atoms with van der Waals surface area (Å²) in [7, 11) is 0. The van der Waals surface area contributed by atoms with Crippen molar-refractivity contribution in [1.82, 2.24) is 24.9 Å². The van der Waals surface area contributed by atoms with Gasteiger partial charge >= 0.3 is 5.97 Å². The van der Waals surface area contributed by atoms with Gasteiger partial charge in [-0.2, -0.15) is 4.98 Å². The number of nitrogens with zero attached hydrogens (tertiary/aromatic N) is 4. The van der Waals surface area contributed by atoms with Gasteiger partial charge < -0.3 is 10.1 Å².